The molecule has 7 heteroatoms. The van der Waals surface area contributed by atoms with Crippen LogP contribution in [0.1, 0.15) is 11.6 Å². The summed E-state index contributed by atoms with van der Waals surface area (Å²) in [6.07, 6.45) is 1.58. The van der Waals surface area contributed by atoms with Crippen molar-refractivity contribution < 1.29 is 4.74 Å². The fourth-order valence-corrected chi connectivity index (χ4v) is 3.22. The summed E-state index contributed by atoms with van der Waals surface area (Å²) < 4.78 is 6.78. The van der Waals surface area contributed by atoms with Gasteiger partial charge in [-0.1, -0.05) is 48.0 Å². The first kappa shape index (κ1) is 19.9. The molecule has 0 saturated heterocycles. The topological polar surface area (TPSA) is 59.4 Å². The average molecular weight is 399 g/mol. The molecule has 2 aromatic carbocycles. The van der Waals surface area contributed by atoms with Crippen LogP contribution >= 0.6 is 11.6 Å². The Morgan fingerprint density at radius 2 is 1.82 bits per heavy atom. The smallest absolute Gasteiger partial charge is 0.292 e. The lowest BCUT2D eigenvalue weighted by Crippen LogP contribution is -2.28. The third kappa shape index (κ3) is 4.18. The Balaban J connectivity index is 1.85. The van der Waals surface area contributed by atoms with Crippen molar-refractivity contribution in [3.05, 3.63) is 81.7 Å². The molecule has 6 nitrogen and oxygen atoms in total. The second-order valence-corrected chi connectivity index (χ2v) is 6.90. The van der Waals surface area contributed by atoms with Crippen molar-refractivity contribution in [3.8, 4) is 11.4 Å². The van der Waals surface area contributed by atoms with E-state index in [0.29, 0.717) is 17.9 Å². The second-order valence-electron chi connectivity index (χ2n) is 6.53. The van der Waals surface area contributed by atoms with E-state index in [1.54, 1.807) is 13.3 Å². The minimum absolute atomic E-state index is 0.0174. The summed E-state index contributed by atoms with van der Waals surface area (Å²) in [6, 6.07) is 17.1. The van der Waals surface area contributed by atoms with Crippen molar-refractivity contribution in [2.24, 2.45) is 0 Å². The molecule has 0 unspecified atom stereocenters. The van der Waals surface area contributed by atoms with Gasteiger partial charge in [0.15, 0.2) is 0 Å². The van der Waals surface area contributed by atoms with E-state index in [0.717, 1.165) is 11.3 Å². The molecule has 0 aliphatic rings. The van der Waals surface area contributed by atoms with Gasteiger partial charge in [-0.15, -0.1) is 0 Å². The largest absolute Gasteiger partial charge is 0.496 e. The number of hydrogen-bond acceptors (Lipinski definition) is 5. The maximum Gasteiger partial charge on any atom is 0.292 e. The maximum atomic E-state index is 12.6. The monoisotopic (exact) mass is 398 g/mol. The highest BCUT2D eigenvalue weighted by Crippen LogP contribution is 2.28. The van der Waals surface area contributed by atoms with Crippen molar-refractivity contribution in [1.29, 1.82) is 0 Å². The molecule has 0 radical (unpaired) electrons. The van der Waals surface area contributed by atoms with Gasteiger partial charge >= 0.3 is 0 Å². The lowest BCUT2D eigenvalue weighted by atomic mass is 10.0. The lowest BCUT2D eigenvalue weighted by molar-refractivity contribution is 0.300. The number of nitrogens with zero attached hydrogens (tertiary/aromatic N) is 3. The molecular weight excluding hydrogens is 376 g/mol. The van der Waals surface area contributed by atoms with Gasteiger partial charge in [0.1, 0.15) is 10.8 Å². The van der Waals surface area contributed by atoms with E-state index in [1.165, 1.54) is 4.68 Å². The Bertz CT molecular complexity index is 989. The molecule has 0 fully saturated rings. The van der Waals surface area contributed by atoms with Gasteiger partial charge in [0.25, 0.3) is 5.56 Å². The van der Waals surface area contributed by atoms with Crippen LogP contribution in [0, 0.1) is 0 Å². The average Bonchev–Trinajstić information content (AvgIpc) is 2.72. The molecule has 0 aliphatic heterocycles. The van der Waals surface area contributed by atoms with Gasteiger partial charge in [0.05, 0.1) is 30.7 Å². The molecule has 1 N–H and O–H groups in total. The summed E-state index contributed by atoms with van der Waals surface area (Å²) in [5.41, 5.74) is 1.85. The number of rotatable bonds is 7. The zero-order chi connectivity index (χ0) is 20.1. The van der Waals surface area contributed by atoms with Crippen LogP contribution in [0.4, 0.5) is 5.69 Å². The number of para-hydroxylation sites is 2. The zero-order valence-electron chi connectivity index (χ0n) is 16.1. The normalized spacial score (nSPS) is 12.0. The Hall–Kier alpha value is -2.83. The third-order valence-corrected chi connectivity index (χ3v) is 4.89. The molecule has 146 valence electrons. The lowest BCUT2D eigenvalue weighted by Gasteiger charge is -2.27. The van der Waals surface area contributed by atoms with Crippen molar-refractivity contribution in [2.75, 3.05) is 33.1 Å². The first-order valence-corrected chi connectivity index (χ1v) is 9.27. The fraction of sp³-hybridized carbons (Fsp3) is 0.238. The molecule has 1 atom stereocenters. The molecule has 0 amide bonds. The van der Waals surface area contributed by atoms with Crippen LogP contribution in [0.15, 0.2) is 65.6 Å². The Morgan fingerprint density at radius 3 is 2.50 bits per heavy atom. The summed E-state index contributed by atoms with van der Waals surface area (Å²) in [6.45, 7) is 0.531. The number of aromatic nitrogens is 2. The Kier molecular flexibility index (Phi) is 6.34. The standard InChI is InChI=1S/C21H23ClN4O2/c1-25(2)18(16-11-7-8-12-19(16)28-3)14-23-17-13-24-26(21(27)20(17)22)15-9-5-4-6-10-15/h4-13,18,23H,14H2,1-3H3/t18-/m0/s1. The summed E-state index contributed by atoms with van der Waals surface area (Å²) in [5, 5.41) is 7.62. The first-order valence-electron chi connectivity index (χ1n) is 8.89. The molecule has 0 aliphatic carbocycles. The van der Waals surface area contributed by atoms with E-state index in [2.05, 4.69) is 15.3 Å². The van der Waals surface area contributed by atoms with Crippen LogP contribution in [0.3, 0.4) is 0 Å². The summed E-state index contributed by atoms with van der Waals surface area (Å²) in [7, 11) is 5.64. The molecule has 1 heterocycles. The van der Waals surface area contributed by atoms with Crippen molar-refractivity contribution >= 4 is 17.3 Å². The van der Waals surface area contributed by atoms with E-state index in [-0.39, 0.29) is 16.6 Å². The fourth-order valence-electron chi connectivity index (χ4n) is 3.03. The van der Waals surface area contributed by atoms with Gasteiger partial charge in [-0.2, -0.15) is 9.78 Å². The van der Waals surface area contributed by atoms with Gasteiger partial charge < -0.3 is 15.0 Å². The number of methoxy groups -OCH3 is 1. The van der Waals surface area contributed by atoms with E-state index < -0.39 is 0 Å². The molecule has 0 spiro atoms. The second kappa shape index (κ2) is 8.91. The number of benzene rings is 2. The van der Waals surface area contributed by atoms with E-state index in [9.17, 15) is 4.79 Å². The molecule has 3 aromatic rings. The third-order valence-electron chi connectivity index (χ3n) is 4.53. The van der Waals surface area contributed by atoms with Gasteiger partial charge in [0.2, 0.25) is 0 Å². The van der Waals surface area contributed by atoms with Crippen LogP contribution in [-0.2, 0) is 0 Å². The first-order chi connectivity index (χ1) is 13.5. The quantitative estimate of drug-likeness (QED) is 0.658. The van der Waals surface area contributed by atoms with Crippen molar-refractivity contribution in [3.63, 3.8) is 0 Å². The number of anilines is 1. The van der Waals surface area contributed by atoms with Crippen LogP contribution in [-0.4, -0.2) is 42.4 Å². The zero-order valence-corrected chi connectivity index (χ0v) is 16.8. The van der Waals surface area contributed by atoms with Gasteiger partial charge in [-0.05, 0) is 32.3 Å². The molecule has 1 aromatic heterocycles. The summed E-state index contributed by atoms with van der Waals surface area (Å²) in [5.74, 6) is 0.812. The minimum atomic E-state index is -0.364. The van der Waals surface area contributed by atoms with Crippen LogP contribution in [0.25, 0.3) is 5.69 Å². The van der Waals surface area contributed by atoms with Crippen molar-refractivity contribution in [2.45, 2.75) is 6.04 Å². The predicted octanol–water partition coefficient (Wildman–Crippen LogP) is 3.61. The highest BCUT2D eigenvalue weighted by molar-refractivity contribution is 6.32. The number of likely N-dealkylation sites (N-methyl/N-ethyl adjacent to an activating group) is 1. The Labute approximate surface area is 169 Å². The molecule has 28 heavy (non-hydrogen) atoms. The van der Waals surface area contributed by atoms with Crippen molar-refractivity contribution in [1.82, 2.24) is 14.7 Å². The highest BCUT2D eigenvalue weighted by Gasteiger charge is 2.19. The number of nitrogens with one attached hydrogen (secondary N) is 1. The number of hydrogen-bond donors (Lipinski definition) is 1. The molecule has 3 rings (SSSR count). The van der Waals surface area contributed by atoms with Gasteiger partial charge in [0, 0.05) is 12.1 Å². The predicted molar refractivity (Wildman–Crippen MR) is 113 cm³/mol. The van der Waals surface area contributed by atoms with Crippen LogP contribution < -0.4 is 15.6 Å². The molecular formula is C21H23ClN4O2. The van der Waals surface area contributed by atoms with E-state index in [1.807, 2.05) is 68.7 Å². The molecule has 0 bridgehead atoms. The van der Waals surface area contributed by atoms with Crippen LogP contribution in [0.5, 0.6) is 5.75 Å². The highest BCUT2D eigenvalue weighted by atomic mass is 35.5. The van der Waals surface area contributed by atoms with E-state index in [4.69, 9.17) is 16.3 Å². The van der Waals surface area contributed by atoms with Gasteiger partial charge in [-0.25, -0.2) is 0 Å². The molecule has 0 saturated carbocycles. The Morgan fingerprint density at radius 1 is 1.14 bits per heavy atom. The maximum absolute atomic E-state index is 12.6. The summed E-state index contributed by atoms with van der Waals surface area (Å²) in [4.78, 5) is 14.7. The summed E-state index contributed by atoms with van der Waals surface area (Å²) >= 11 is 6.34. The minimum Gasteiger partial charge on any atom is -0.496 e. The number of ether oxygens (including phenoxy) is 1. The van der Waals surface area contributed by atoms with E-state index >= 15 is 0 Å². The van der Waals surface area contributed by atoms with Gasteiger partial charge in [-0.3, -0.25) is 4.79 Å². The SMILES string of the molecule is COc1ccccc1[C@H](CNc1cnn(-c2ccccc2)c(=O)c1Cl)N(C)C. The van der Waals surface area contributed by atoms with Crippen LogP contribution in [0.2, 0.25) is 5.02 Å². The number of halogens is 1.